The van der Waals surface area contributed by atoms with Crippen LogP contribution in [0.5, 0.6) is 0 Å². The standard InChI is InChI=1S/C17H23F3N2/c1-12(2)22-10-16(11-22)6-7-21(9-16)14-5-4-13(3)15(8-14)17(18,19)20/h4-5,8,12H,6-7,9-11H2,1-3H3. The number of benzene rings is 1. The van der Waals surface area contributed by atoms with Crippen molar-refractivity contribution < 1.29 is 13.2 Å². The molecule has 1 aromatic carbocycles. The molecule has 0 bridgehead atoms. The molecule has 2 fully saturated rings. The Morgan fingerprint density at radius 3 is 2.41 bits per heavy atom. The van der Waals surface area contributed by atoms with Crippen LogP contribution in [-0.2, 0) is 6.18 Å². The van der Waals surface area contributed by atoms with Crippen molar-refractivity contribution in [3.05, 3.63) is 29.3 Å². The molecule has 22 heavy (non-hydrogen) atoms. The molecule has 0 aliphatic carbocycles. The Morgan fingerprint density at radius 2 is 1.82 bits per heavy atom. The van der Waals surface area contributed by atoms with Gasteiger partial charge in [-0.05, 0) is 44.9 Å². The van der Waals surface area contributed by atoms with Gasteiger partial charge in [0.05, 0.1) is 5.56 Å². The first-order valence-corrected chi connectivity index (χ1v) is 7.87. The van der Waals surface area contributed by atoms with Gasteiger partial charge < -0.3 is 4.90 Å². The Morgan fingerprint density at radius 1 is 1.14 bits per heavy atom. The summed E-state index contributed by atoms with van der Waals surface area (Å²) in [5, 5.41) is 0. The first-order chi connectivity index (χ1) is 10.2. The third-order valence-corrected chi connectivity index (χ3v) is 5.14. The lowest BCUT2D eigenvalue weighted by atomic mass is 9.78. The highest BCUT2D eigenvalue weighted by Gasteiger charge is 2.48. The van der Waals surface area contributed by atoms with E-state index < -0.39 is 11.7 Å². The minimum absolute atomic E-state index is 0.285. The zero-order chi connectivity index (χ0) is 16.1. The van der Waals surface area contributed by atoms with Crippen molar-refractivity contribution >= 4 is 5.69 Å². The second-order valence-corrected chi connectivity index (χ2v) is 7.17. The van der Waals surface area contributed by atoms with Crippen LogP contribution >= 0.6 is 0 Å². The van der Waals surface area contributed by atoms with Crippen molar-refractivity contribution in [3.63, 3.8) is 0 Å². The Bertz CT molecular complexity index is 560. The van der Waals surface area contributed by atoms with Crippen LogP contribution in [-0.4, -0.2) is 37.1 Å². The highest BCUT2D eigenvalue weighted by molar-refractivity contribution is 5.53. The lowest BCUT2D eigenvalue weighted by Crippen LogP contribution is -2.59. The maximum Gasteiger partial charge on any atom is 0.416 e. The summed E-state index contributed by atoms with van der Waals surface area (Å²) in [5.74, 6) is 0. The molecule has 0 N–H and O–H groups in total. The van der Waals surface area contributed by atoms with Crippen molar-refractivity contribution in [1.82, 2.24) is 4.90 Å². The van der Waals surface area contributed by atoms with E-state index in [0.717, 1.165) is 32.6 Å². The Hall–Kier alpha value is -1.23. The summed E-state index contributed by atoms with van der Waals surface area (Å²) in [7, 11) is 0. The zero-order valence-corrected chi connectivity index (χ0v) is 13.4. The summed E-state index contributed by atoms with van der Waals surface area (Å²) < 4.78 is 39.2. The zero-order valence-electron chi connectivity index (χ0n) is 13.4. The number of alkyl halides is 3. The monoisotopic (exact) mass is 312 g/mol. The van der Waals surface area contributed by atoms with Crippen LogP contribution in [0.1, 0.15) is 31.4 Å². The summed E-state index contributed by atoms with van der Waals surface area (Å²) in [5.41, 5.74) is 0.772. The van der Waals surface area contributed by atoms with E-state index in [1.54, 1.807) is 6.07 Å². The predicted molar refractivity (Wildman–Crippen MR) is 82.2 cm³/mol. The maximum absolute atomic E-state index is 13.1. The molecule has 0 saturated carbocycles. The molecule has 0 atom stereocenters. The van der Waals surface area contributed by atoms with E-state index in [-0.39, 0.29) is 5.41 Å². The topological polar surface area (TPSA) is 6.48 Å². The summed E-state index contributed by atoms with van der Waals surface area (Å²) in [6, 6.07) is 5.27. The van der Waals surface area contributed by atoms with E-state index in [9.17, 15) is 13.2 Å². The smallest absolute Gasteiger partial charge is 0.371 e. The van der Waals surface area contributed by atoms with Crippen molar-refractivity contribution in [3.8, 4) is 0 Å². The highest BCUT2D eigenvalue weighted by Crippen LogP contribution is 2.43. The molecule has 0 unspecified atom stereocenters. The van der Waals surface area contributed by atoms with E-state index >= 15 is 0 Å². The van der Waals surface area contributed by atoms with Crippen molar-refractivity contribution in [2.75, 3.05) is 31.1 Å². The lowest BCUT2D eigenvalue weighted by Gasteiger charge is -2.50. The summed E-state index contributed by atoms with van der Waals surface area (Å²) in [4.78, 5) is 4.55. The largest absolute Gasteiger partial charge is 0.416 e. The van der Waals surface area contributed by atoms with Crippen LogP contribution in [0.25, 0.3) is 0 Å². The number of aryl methyl sites for hydroxylation is 1. The van der Waals surface area contributed by atoms with Crippen molar-refractivity contribution in [2.24, 2.45) is 5.41 Å². The number of hydrogen-bond acceptors (Lipinski definition) is 2. The van der Waals surface area contributed by atoms with Gasteiger partial charge in [-0.2, -0.15) is 13.2 Å². The van der Waals surface area contributed by atoms with Gasteiger partial charge in [-0.1, -0.05) is 6.07 Å². The van der Waals surface area contributed by atoms with Gasteiger partial charge in [0.1, 0.15) is 0 Å². The number of likely N-dealkylation sites (tertiary alicyclic amines) is 1. The quantitative estimate of drug-likeness (QED) is 0.816. The van der Waals surface area contributed by atoms with E-state index in [1.807, 2.05) is 6.07 Å². The Balaban J connectivity index is 1.74. The fourth-order valence-electron chi connectivity index (χ4n) is 3.71. The number of hydrogen-bond donors (Lipinski definition) is 0. The lowest BCUT2D eigenvalue weighted by molar-refractivity contribution is -0.138. The fraction of sp³-hybridized carbons (Fsp3) is 0.647. The average Bonchev–Trinajstić information content (AvgIpc) is 2.81. The van der Waals surface area contributed by atoms with Gasteiger partial charge in [0.15, 0.2) is 0 Å². The molecule has 3 rings (SSSR count). The van der Waals surface area contributed by atoms with E-state index in [1.165, 1.54) is 13.0 Å². The molecule has 2 nitrogen and oxygen atoms in total. The summed E-state index contributed by atoms with van der Waals surface area (Å²) >= 11 is 0. The SMILES string of the molecule is Cc1ccc(N2CCC3(C2)CN(C(C)C)C3)cc1C(F)(F)F. The van der Waals surface area contributed by atoms with E-state index in [2.05, 4.69) is 23.6 Å². The van der Waals surface area contributed by atoms with Gasteiger partial charge >= 0.3 is 6.18 Å². The van der Waals surface area contributed by atoms with Gasteiger partial charge in [0, 0.05) is 43.3 Å². The second kappa shape index (κ2) is 5.15. The summed E-state index contributed by atoms with van der Waals surface area (Å²) in [6.45, 7) is 9.76. The number of rotatable bonds is 2. The number of halogens is 3. The molecule has 0 amide bonds. The average molecular weight is 312 g/mol. The highest BCUT2D eigenvalue weighted by atomic mass is 19.4. The number of nitrogens with zero attached hydrogens (tertiary/aromatic N) is 2. The minimum atomic E-state index is -4.28. The molecule has 1 aromatic rings. The number of anilines is 1. The van der Waals surface area contributed by atoms with Gasteiger partial charge in [-0.25, -0.2) is 0 Å². The van der Waals surface area contributed by atoms with Crippen LogP contribution in [0.2, 0.25) is 0 Å². The van der Waals surface area contributed by atoms with E-state index in [0.29, 0.717) is 17.3 Å². The van der Waals surface area contributed by atoms with Crippen LogP contribution in [0.4, 0.5) is 18.9 Å². The first kappa shape index (κ1) is 15.7. The van der Waals surface area contributed by atoms with Crippen LogP contribution in [0, 0.1) is 12.3 Å². The Kier molecular flexibility index (Phi) is 3.67. The molecular formula is C17H23F3N2. The first-order valence-electron chi connectivity index (χ1n) is 7.87. The van der Waals surface area contributed by atoms with Crippen LogP contribution in [0.15, 0.2) is 18.2 Å². The van der Waals surface area contributed by atoms with Crippen LogP contribution in [0.3, 0.4) is 0 Å². The third-order valence-electron chi connectivity index (χ3n) is 5.14. The van der Waals surface area contributed by atoms with E-state index in [4.69, 9.17) is 0 Å². The molecular weight excluding hydrogens is 289 g/mol. The Labute approximate surface area is 129 Å². The molecule has 2 heterocycles. The molecule has 2 aliphatic rings. The fourth-order valence-corrected chi connectivity index (χ4v) is 3.71. The predicted octanol–water partition coefficient (Wildman–Crippen LogP) is 3.93. The molecule has 2 aliphatic heterocycles. The summed E-state index contributed by atoms with van der Waals surface area (Å²) in [6.07, 6.45) is -3.20. The molecule has 1 spiro atoms. The van der Waals surface area contributed by atoms with Gasteiger partial charge in [0.2, 0.25) is 0 Å². The van der Waals surface area contributed by atoms with Crippen LogP contribution < -0.4 is 4.90 Å². The molecule has 2 saturated heterocycles. The molecule has 0 radical (unpaired) electrons. The normalized spacial score (nSPS) is 21.7. The minimum Gasteiger partial charge on any atom is -0.371 e. The third kappa shape index (κ3) is 2.71. The second-order valence-electron chi connectivity index (χ2n) is 7.17. The maximum atomic E-state index is 13.1. The van der Waals surface area contributed by atoms with Gasteiger partial charge in [0.25, 0.3) is 0 Å². The van der Waals surface area contributed by atoms with Gasteiger partial charge in [-0.3, -0.25) is 4.90 Å². The van der Waals surface area contributed by atoms with Crippen molar-refractivity contribution in [2.45, 2.75) is 39.4 Å². The van der Waals surface area contributed by atoms with Crippen molar-refractivity contribution in [1.29, 1.82) is 0 Å². The molecule has 5 heteroatoms. The molecule has 122 valence electrons. The molecule has 0 aromatic heterocycles. The van der Waals surface area contributed by atoms with Gasteiger partial charge in [-0.15, -0.1) is 0 Å².